The third-order valence-corrected chi connectivity index (χ3v) is 8.60. The second kappa shape index (κ2) is 12.6. The van der Waals surface area contributed by atoms with Crippen LogP contribution in [-0.4, -0.2) is 15.0 Å². The van der Waals surface area contributed by atoms with E-state index in [4.69, 9.17) is 15.0 Å². The molecule has 48 heavy (non-hydrogen) atoms. The Morgan fingerprint density at radius 1 is 0.333 bits per heavy atom. The van der Waals surface area contributed by atoms with Gasteiger partial charge in [-0.25, -0.2) is 15.0 Å². The summed E-state index contributed by atoms with van der Waals surface area (Å²) < 4.78 is 0. The summed E-state index contributed by atoms with van der Waals surface area (Å²) in [6.07, 6.45) is 0. The zero-order chi connectivity index (χ0) is 32.3. The molecule has 0 aliphatic heterocycles. The molecule has 0 atom stereocenters. The van der Waals surface area contributed by atoms with Crippen LogP contribution in [0, 0.1) is 11.3 Å². The van der Waals surface area contributed by atoms with Crippen LogP contribution in [0.3, 0.4) is 0 Å². The van der Waals surface area contributed by atoms with E-state index in [-0.39, 0.29) is 0 Å². The molecule has 0 radical (unpaired) electrons. The molecule has 1 aromatic heterocycles. The van der Waals surface area contributed by atoms with E-state index >= 15 is 0 Å². The molecule has 4 heteroatoms. The molecule has 8 aromatic rings. The fourth-order valence-corrected chi connectivity index (χ4v) is 6.15. The van der Waals surface area contributed by atoms with Crippen LogP contribution in [0.25, 0.3) is 78.3 Å². The maximum absolute atomic E-state index is 9.45. The zero-order valence-corrected chi connectivity index (χ0v) is 26.0. The second-order valence-corrected chi connectivity index (χ2v) is 11.6. The van der Waals surface area contributed by atoms with E-state index in [1.54, 1.807) is 0 Å². The maximum Gasteiger partial charge on any atom is 0.164 e. The van der Waals surface area contributed by atoms with Crippen molar-refractivity contribution in [2.75, 3.05) is 0 Å². The Morgan fingerprint density at radius 2 is 0.729 bits per heavy atom. The van der Waals surface area contributed by atoms with Crippen LogP contribution in [-0.2, 0) is 0 Å². The SMILES string of the molecule is N#Cc1cccc(-c2ccc(-c3ccc(-c4nc(-c5ccccc5)nc(-c5ccc(-c6ccccc6)cc5)n4)cc3)c3ccccc23)c1. The largest absolute Gasteiger partial charge is 0.208 e. The molecule has 7 aromatic carbocycles. The Morgan fingerprint density at radius 3 is 1.27 bits per heavy atom. The molecule has 224 valence electrons. The lowest BCUT2D eigenvalue weighted by Crippen LogP contribution is -2.00. The Hall–Kier alpha value is -6.70. The number of hydrogen-bond acceptors (Lipinski definition) is 4. The summed E-state index contributed by atoms with van der Waals surface area (Å²) in [6, 6.07) is 60.0. The van der Waals surface area contributed by atoms with Gasteiger partial charge in [0.2, 0.25) is 0 Å². The summed E-state index contributed by atoms with van der Waals surface area (Å²) in [7, 11) is 0. The van der Waals surface area contributed by atoms with E-state index in [1.807, 2.05) is 66.7 Å². The third-order valence-electron chi connectivity index (χ3n) is 8.60. The number of rotatable bonds is 6. The van der Waals surface area contributed by atoms with E-state index in [0.717, 1.165) is 55.3 Å². The van der Waals surface area contributed by atoms with Crippen molar-refractivity contribution in [2.24, 2.45) is 0 Å². The van der Waals surface area contributed by atoms with Crippen LogP contribution in [0.1, 0.15) is 5.56 Å². The summed E-state index contributed by atoms with van der Waals surface area (Å²) in [6.45, 7) is 0. The second-order valence-electron chi connectivity index (χ2n) is 11.6. The summed E-state index contributed by atoms with van der Waals surface area (Å²) in [4.78, 5) is 14.8. The number of nitrogens with zero attached hydrogens (tertiary/aromatic N) is 4. The van der Waals surface area contributed by atoms with Gasteiger partial charge in [0, 0.05) is 16.7 Å². The lowest BCUT2D eigenvalue weighted by molar-refractivity contribution is 1.07. The van der Waals surface area contributed by atoms with Crippen LogP contribution < -0.4 is 0 Å². The number of nitriles is 1. The maximum atomic E-state index is 9.45. The predicted molar refractivity (Wildman–Crippen MR) is 195 cm³/mol. The molecule has 0 spiro atoms. The molecule has 1 heterocycles. The quantitative estimate of drug-likeness (QED) is 0.187. The molecular formula is C44H28N4. The first-order valence-electron chi connectivity index (χ1n) is 15.8. The van der Waals surface area contributed by atoms with Crippen molar-refractivity contribution in [2.45, 2.75) is 0 Å². The highest BCUT2D eigenvalue weighted by Gasteiger charge is 2.14. The Bertz CT molecular complexity index is 2430. The average Bonchev–Trinajstić information content (AvgIpc) is 3.18. The molecule has 8 rings (SSSR count). The van der Waals surface area contributed by atoms with Crippen molar-refractivity contribution in [3.05, 3.63) is 175 Å². The van der Waals surface area contributed by atoms with Crippen molar-refractivity contribution < 1.29 is 0 Å². The summed E-state index contributed by atoms with van der Waals surface area (Å²) in [5.74, 6) is 1.88. The van der Waals surface area contributed by atoms with Crippen molar-refractivity contribution in [3.8, 4) is 73.6 Å². The van der Waals surface area contributed by atoms with Crippen LogP contribution in [0.2, 0.25) is 0 Å². The monoisotopic (exact) mass is 612 g/mol. The molecule has 0 bridgehead atoms. The smallest absolute Gasteiger partial charge is 0.164 e. The number of fused-ring (bicyclic) bond motifs is 1. The Labute approximate surface area is 279 Å². The minimum atomic E-state index is 0.620. The lowest BCUT2D eigenvalue weighted by Gasteiger charge is -2.13. The fraction of sp³-hybridized carbons (Fsp3) is 0. The van der Waals surface area contributed by atoms with Gasteiger partial charge in [-0.2, -0.15) is 5.26 Å². The fourth-order valence-electron chi connectivity index (χ4n) is 6.15. The standard InChI is InChI=1S/C44H28N4/c45-29-30-10-9-15-37(28-30)39-27-26-38(40-16-7-8-17-41(39)40)33-20-24-36(25-21-33)44-47-42(34-13-5-2-6-14-34)46-43(48-44)35-22-18-32(19-23-35)31-11-3-1-4-12-31/h1-28H. The summed E-state index contributed by atoms with van der Waals surface area (Å²) in [5.41, 5.74) is 10.1. The van der Waals surface area contributed by atoms with Gasteiger partial charge in [-0.15, -0.1) is 0 Å². The van der Waals surface area contributed by atoms with E-state index in [1.165, 1.54) is 5.56 Å². The van der Waals surface area contributed by atoms with Crippen LogP contribution in [0.5, 0.6) is 0 Å². The minimum Gasteiger partial charge on any atom is -0.208 e. The van der Waals surface area contributed by atoms with E-state index in [2.05, 4.69) is 109 Å². The molecule has 0 fully saturated rings. The first-order chi connectivity index (χ1) is 23.7. The summed E-state index contributed by atoms with van der Waals surface area (Å²) in [5, 5.41) is 11.7. The van der Waals surface area contributed by atoms with Crippen molar-refractivity contribution >= 4 is 10.8 Å². The first kappa shape index (κ1) is 28.8. The molecule has 0 aliphatic carbocycles. The van der Waals surface area contributed by atoms with Crippen molar-refractivity contribution in [1.82, 2.24) is 15.0 Å². The highest BCUT2D eigenvalue weighted by atomic mass is 15.0. The predicted octanol–water partition coefficient (Wildman–Crippen LogP) is 10.9. The van der Waals surface area contributed by atoms with Crippen molar-refractivity contribution in [3.63, 3.8) is 0 Å². The van der Waals surface area contributed by atoms with E-state index < -0.39 is 0 Å². The molecule has 0 saturated heterocycles. The highest BCUT2D eigenvalue weighted by molar-refractivity contribution is 6.05. The number of hydrogen-bond donors (Lipinski definition) is 0. The third kappa shape index (κ3) is 5.62. The van der Waals surface area contributed by atoms with Gasteiger partial charge in [0.25, 0.3) is 0 Å². The molecular weight excluding hydrogens is 585 g/mol. The molecule has 0 amide bonds. The number of benzene rings is 7. The number of aromatic nitrogens is 3. The van der Waals surface area contributed by atoms with Crippen molar-refractivity contribution in [1.29, 1.82) is 5.26 Å². The molecule has 0 aliphatic rings. The van der Waals surface area contributed by atoms with Gasteiger partial charge >= 0.3 is 0 Å². The molecule has 0 N–H and O–H groups in total. The lowest BCUT2D eigenvalue weighted by atomic mass is 9.91. The Kier molecular flexibility index (Phi) is 7.54. The van der Waals surface area contributed by atoms with Crippen LogP contribution in [0.4, 0.5) is 0 Å². The summed E-state index contributed by atoms with van der Waals surface area (Å²) >= 11 is 0. The molecule has 0 saturated carbocycles. The van der Waals surface area contributed by atoms with Crippen LogP contribution in [0.15, 0.2) is 170 Å². The molecule has 0 unspecified atom stereocenters. The van der Waals surface area contributed by atoms with Gasteiger partial charge in [0.1, 0.15) is 0 Å². The average molecular weight is 613 g/mol. The van der Waals surface area contributed by atoms with Gasteiger partial charge in [0.15, 0.2) is 17.5 Å². The molecule has 4 nitrogen and oxygen atoms in total. The van der Waals surface area contributed by atoms with Gasteiger partial charge < -0.3 is 0 Å². The van der Waals surface area contributed by atoms with Gasteiger partial charge in [-0.1, -0.05) is 158 Å². The van der Waals surface area contributed by atoms with Gasteiger partial charge in [0.05, 0.1) is 11.6 Å². The zero-order valence-electron chi connectivity index (χ0n) is 26.0. The minimum absolute atomic E-state index is 0.620. The Balaban J connectivity index is 1.18. The highest BCUT2D eigenvalue weighted by Crippen LogP contribution is 2.37. The van der Waals surface area contributed by atoms with Gasteiger partial charge in [-0.05, 0) is 56.3 Å². The topological polar surface area (TPSA) is 62.5 Å². The normalized spacial score (nSPS) is 10.9. The first-order valence-corrected chi connectivity index (χ1v) is 15.8. The van der Waals surface area contributed by atoms with Crippen LogP contribution >= 0.6 is 0 Å². The van der Waals surface area contributed by atoms with Gasteiger partial charge in [-0.3, -0.25) is 0 Å². The van der Waals surface area contributed by atoms with E-state index in [0.29, 0.717) is 23.0 Å². The van der Waals surface area contributed by atoms with E-state index in [9.17, 15) is 5.26 Å².